The number of hydrazine groups is 1. The number of halogens is 2. The lowest BCUT2D eigenvalue weighted by atomic mass is 10.3. The monoisotopic (exact) mass is 233 g/mol. The lowest BCUT2D eigenvalue weighted by Gasteiger charge is -2.00. The molecule has 3 N–H and O–H groups in total. The fourth-order valence-electron chi connectivity index (χ4n) is 0.660. The second-order valence-electron chi connectivity index (χ2n) is 1.97. The van der Waals surface area contributed by atoms with Gasteiger partial charge in [0.1, 0.15) is 10.4 Å². The molecule has 0 fully saturated rings. The van der Waals surface area contributed by atoms with Crippen LogP contribution in [0.3, 0.4) is 0 Å². The number of pyridine rings is 1. The van der Waals surface area contributed by atoms with E-state index in [9.17, 15) is 9.18 Å². The topological polar surface area (TPSA) is 68.0 Å². The van der Waals surface area contributed by atoms with Crippen LogP contribution in [0.1, 0.15) is 10.4 Å². The van der Waals surface area contributed by atoms with E-state index >= 15 is 0 Å². The van der Waals surface area contributed by atoms with Gasteiger partial charge >= 0.3 is 0 Å². The summed E-state index contributed by atoms with van der Waals surface area (Å²) in [6.07, 6.45) is 0.997. The Morgan fingerprint density at radius 1 is 1.75 bits per heavy atom. The van der Waals surface area contributed by atoms with Gasteiger partial charge in [0.2, 0.25) is 0 Å². The maximum atomic E-state index is 12.5. The second-order valence-corrected chi connectivity index (χ2v) is 2.72. The van der Waals surface area contributed by atoms with Gasteiger partial charge in [-0.2, -0.15) is 0 Å². The van der Waals surface area contributed by atoms with Gasteiger partial charge in [0.25, 0.3) is 5.91 Å². The van der Waals surface area contributed by atoms with Gasteiger partial charge in [-0.25, -0.2) is 15.2 Å². The van der Waals surface area contributed by atoms with Gasteiger partial charge in [0.15, 0.2) is 0 Å². The van der Waals surface area contributed by atoms with Crippen molar-refractivity contribution in [2.24, 2.45) is 5.84 Å². The smallest absolute Gasteiger partial charge is 0.268 e. The summed E-state index contributed by atoms with van der Waals surface area (Å²) in [7, 11) is 0. The third-order valence-electron chi connectivity index (χ3n) is 1.18. The summed E-state index contributed by atoms with van der Waals surface area (Å²) in [4.78, 5) is 14.5. The molecule has 0 atom stereocenters. The van der Waals surface area contributed by atoms with Gasteiger partial charge in [0, 0.05) is 0 Å². The largest absolute Gasteiger partial charge is 0.290 e. The minimum absolute atomic E-state index is 0.0671. The first-order chi connectivity index (χ1) is 5.65. The molecule has 0 aliphatic carbocycles. The zero-order valence-corrected chi connectivity index (χ0v) is 7.43. The van der Waals surface area contributed by atoms with Crippen LogP contribution >= 0.6 is 15.9 Å². The van der Waals surface area contributed by atoms with E-state index in [0.717, 1.165) is 12.3 Å². The van der Waals surface area contributed by atoms with Crippen LogP contribution in [-0.2, 0) is 0 Å². The fraction of sp³-hybridized carbons (Fsp3) is 0. The van der Waals surface area contributed by atoms with Crippen molar-refractivity contribution in [2.45, 2.75) is 0 Å². The molecular weight excluding hydrogens is 229 g/mol. The number of aromatic nitrogens is 1. The maximum absolute atomic E-state index is 12.5. The molecule has 0 aliphatic heterocycles. The van der Waals surface area contributed by atoms with E-state index < -0.39 is 11.7 Å². The van der Waals surface area contributed by atoms with Crippen molar-refractivity contribution in [2.75, 3.05) is 0 Å². The number of nitrogens with two attached hydrogens (primary N) is 1. The Morgan fingerprint density at radius 3 is 3.00 bits per heavy atom. The predicted molar refractivity (Wildman–Crippen MR) is 43.5 cm³/mol. The van der Waals surface area contributed by atoms with Crippen LogP contribution in [0.25, 0.3) is 0 Å². The first-order valence-corrected chi connectivity index (χ1v) is 3.76. The van der Waals surface area contributed by atoms with Crippen LogP contribution in [0.2, 0.25) is 0 Å². The number of nitrogens with one attached hydrogen (secondary N) is 1. The summed E-state index contributed by atoms with van der Waals surface area (Å²) >= 11 is 2.98. The molecule has 0 radical (unpaired) electrons. The number of amides is 1. The summed E-state index contributed by atoms with van der Waals surface area (Å²) in [5, 5.41) is 0. The van der Waals surface area contributed by atoms with Crippen molar-refractivity contribution in [1.82, 2.24) is 10.4 Å². The Morgan fingerprint density at radius 2 is 2.42 bits per heavy atom. The molecular formula is C6H5BrFN3O. The molecule has 12 heavy (non-hydrogen) atoms. The number of carbonyl (C=O) groups excluding carboxylic acids is 1. The average Bonchev–Trinajstić information content (AvgIpc) is 2.08. The SMILES string of the molecule is NNC(=O)c1cc(F)cnc1Br. The molecule has 0 saturated heterocycles. The highest BCUT2D eigenvalue weighted by molar-refractivity contribution is 9.10. The summed E-state index contributed by atoms with van der Waals surface area (Å²) in [6, 6.07) is 1.04. The van der Waals surface area contributed by atoms with E-state index in [1.54, 1.807) is 0 Å². The van der Waals surface area contributed by atoms with E-state index in [0.29, 0.717) is 0 Å². The van der Waals surface area contributed by atoms with Crippen molar-refractivity contribution in [3.8, 4) is 0 Å². The van der Waals surface area contributed by atoms with Gasteiger partial charge in [-0.3, -0.25) is 10.2 Å². The Bertz CT molecular complexity index is 318. The molecule has 0 bridgehead atoms. The van der Waals surface area contributed by atoms with E-state index in [2.05, 4.69) is 20.9 Å². The fourth-order valence-corrected chi connectivity index (χ4v) is 1.06. The van der Waals surface area contributed by atoms with E-state index in [1.807, 2.05) is 5.43 Å². The Kier molecular flexibility index (Phi) is 2.72. The Labute approximate surface area is 76.1 Å². The van der Waals surface area contributed by atoms with Gasteiger partial charge < -0.3 is 0 Å². The van der Waals surface area contributed by atoms with Crippen LogP contribution in [0, 0.1) is 5.82 Å². The first kappa shape index (κ1) is 9.08. The van der Waals surface area contributed by atoms with Crippen LogP contribution in [0.5, 0.6) is 0 Å². The molecule has 6 heteroatoms. The molecule has 1 rings (SSSR count). The zero-order valence-electron chi connectivity index (χ0n) is 5.84. The van der Waals surface area contributed by atoms with Crippen molar-refractivity contribution >= 4 is 21.8 Å². The molecule has 1 aromatic rings. The van der Waals surface area contributed by atoms with E-state index in [-0.39, 0.29) is 10.2 Å². The lowest BCUT2D eigenvalue weighted by molar-refractivity contribution is 0.0952. The molecule has 1 aromatic heterocycles. The van der Waals surface area contributed by atoms with Gasteiger partial charge in [0.05, 0.1) is 11.8 Å². The summed E-state index contributed by atoms with van der Waals surface area (Å²) in [5.74, 6) is 3.68. The molecule has 64 valence electrons. The minimum atomic E-state index is -0.589. The Hall–Kier alpha value is -1.01. The molecule has 1 heterocycles. The summed E-state index contributed by atoms with van der Waals surface area (Å²) < 4.78 is 12.8. The third-order valence-corrected chi connectivity index (χ3v) is 1.81. The number of hydrogen-bond donors (Lipinski definition) is 2. The molecule has 0 aliphatic rings. The molecule has 0 spiro atoms. The van der Waals surface area contributed by atoms with Crippen molar-refractivity contribution in [3.63, 3.8) is 0 Å². The highest BCUT2D eigenvalue weighted by Crippen LogP contribution is 2.13. The minimum Gasteiger partial charge on any atom is -0.290 e. The highest BCUT2D eigenvalue weighted by Gasteiger charge is 2.10. The van der Waals surface area contributed by atoms with Gasteiger partial charge in [-0.15, -0.1) is 0 Å². The predicted octanol–water partition coefficient (Wildman–Crippen LogP) is 0.587. The van der Waals surface area contributed by atoms with Crippen LogP contribution in [0.15, 0.2) is 16.9 Å². The lowest BCUT2D eigenvalue weighted by Crippen LogP contribution is -2.30. The highest BCUT2D eigenvalue weighted by atomic mass is 79.9. The third kappa shape index (κ3) is 1.77. The molecule has 0 saturated carbocycles. The first-order valence-electron chi connectivity index (χ1n) is 2.97. The van der Waals surface area contributed by atoms with Crippen molar-refractivity contribution < 1.29 is 9.18 Å². The molecule has 0 unspecified atom stereocenters. The van der Waals surface area contributed by atoms with Crippen LogP contribution < -0.4 is 11.3 Å². The van der Waals surface area contributed by atoms with Gasteiger partial charge in [-0.1, -0.05) is 0 Å². The normalized spacial score (nSPS) is 9.58. The molecule has 4 nitrogen and oxygen atoms in total. The quantitative estimate of drug-likeness (QED) is 0.323. The van der Waals surface area contributed by atoms with Crippen molar-refractivity contribution in [3.05, 3.63) is 28.2 Å². The number of nitrogens with zero attached hydrogens (tertiary/aromatic N) is 1. The van der Waals surface area contributed by atoms with E-state index in [1.165, 1.54) is 0 Å². The summed E-state index contributed by atoms with van der Waals surface area (Å²) in [6.45, 7) is 0. The van der Waals surface area contributed by atoms with E-state index in [4.69, 9.17) is 5.84 Å². The Balaban J connectivity index is 3.13. The van der Waals surface area contributed by atoms with Gasteiger partial charge in [-0.05, 0) is 22.0 Å². The second kappa shape index (κ2) is 3.59. The average molecular weight is 234 g/mol. The van der Waals surface area contributed by atoms with Crippen LogP contribution in [-0.4, -0.2) is 10.9 Å². The zero-order chi connectivity index (χ0) is 9.14. The number of carbonyl (C=O) groups is 1. The number of hydrogen-bond acceptors (Lipinski definition) is 3. The number of nitrogen functional groups attached to an aromatic ring is 1. The van der Waals surface area contributed by atoms with Crippen LogP contribution in [0.4, 0.5) is 4.39 Å². The summed E-state index contributed by atoms with van der Waals surface area (Å²) in [5.41, 5.74) is 1.94. The molecule has 0 aromatic carbocycles. The number of rotatable bonds is 1. The van der Waals surface area contributed by atoms with Crippen molar-refractivity contribution in [1.29, 1.82) is 0 Å². The molecule has 1 amide bonds. The standard InChI is InChI=1S/C6H5BrFN3O/c7-5-4(6(12)11-9)1-3(8)2-10-5/h1-2H,9H2,(H,11,12). The maximum Gasteiger partial charge on any atom is 0.268 e.